The van der Waals surface area contributed by atoms with Crippen LogP contribution >= 0.6 is 11.6 Å². The van der Waals surface area contributed by atoms with Gasteiger partial charge in [-0.25, -0.2) is 14.5 Å². The number of hydrogen-bond donors (Lipinski definition) is 1. The molecule has 0 aliphatic carbocycles. The van der Waals surface area contributed by atoms with Crippen molar-refractivity contribution in [1.29, 1.82) is 0 Å². The Morgan fingerprint density at radius 3 is 2.52 bits per heavy atom. The van der Waals surface area contributed by atoms with E-state index < -0.39 is 23.8 Å². The van der Waals surface area contributed by atoms with Gasteiger partial charge in [0, 0.05) is 10.6 Å². The molecular formula is C22H17ClN2O6. The summed E-state index contributed by atoms with van der Waals surface area (Å²) in [5.41, 5.74) is 0.499. The monoisotopic (exact) mass is 440 g/mol. The number of imide groups is 2. The molecule has 0 saturated carbocycles. The summed E-state index contributed by atoms with van der Waals surface area (Å²) < 4.78 is 10.2. The van der Waals surface area contributed by atoms with Crippen molar-refractivity contribution < 1.29 is 28.7 Å². The molecule has 4 amide bonds. The fourth-order valence-corrected chi connectivity index (χ4v) is 3.00. The number of nitrogens with zero attached hydrogens (tertiary/aromatic N) is 1. The van der Waals surface area contributed by atoms with Gasteiger partial charge in [0.2, 0.25) is 0 Å². The smallest absolute Gasteiger partial charge is 0.337 e. The first-order valence-corrected chi connectivity index (χ1v) is 9.36. The van der Waals surface area contributed by atoms with Crippen molar-refractivity contribution in [3.05, 3.63) is 76.8 Å². The lowest BCUT2D eigenvalue weighted by Gasteiger charge is -2.26. The van der Waals surface area contributed by atoms with Crippen LogP contribution in [0.15, 0.2) is 60.7 Å². The lowest BCUT2D eigenvalue weighted by atomic mass is 10.1. The maximum atomic E-state index is 13.0. The number of carbonyl (C=O) groups is 4. The van der Waals surface area contributed by atoms with Crippen molar-refractivity contribution in [3.8, 4) is 5.75 Å². The van der Waals surface area contributed by atoms with Crippen LogP contribution in [-0.4, -0.2) is 37.5 Å². The molecular weight excluding hydrogens is 424 g/mol. The van der Waals surface area contributed by atoms with Crippen LogP contribution in [0, 0.1) is 0 Å². The Balaban J connectivity index is 1.99. The number of anilines is 1. The van der Waals surface area contributed by atoms with Gasteiger partial charge in [0.1, 0.15) is 17.9 Å². The van der Waals surface area contributed by atoms with Crippen molar-refractivity contribution >= 4 is 47.2 Å². The summed E-state index contributed by atoms with van der Waals surface area (Å²) in [7, 11) is 1.24. The Hall–Kier alpha value is -3.91. The first kappa shape index (κ1) is 21.8. The highest BCUT2D eigenvalue weighted by atomic mass is 35.5. The summed E-state index contributed by atoms with van der Waals surface area (Å²) >= 11 is 6.05. The molecule has 3 rings (SSSR count). The lowest BCUT2D eigenvalue weighted by Crippen LogP contribution is -2.54. The second-order valence-corrected chi connectivity index (χ2v) is 6.71. The lowest BCUT2D eigenvalue weighted by molar-refractivity contribution is -0.122. The molecule has 0 bridgehead atoms. The Morgan fingerprint density at radius 1 is 1.16 bits per heavy atom. The topological polar surface area (TPSA) is 102 Å². The highest BCUT2D eigenvalue weighted by molar-refractivity contribution is 6.39. The second kappa shape index (κ2) is 9.27. The van der Waals surface area contributed by atoms with E-state index in [2.05, 4.69) is 16.6 Å². The van der Waals surface area contributed by atoms with E-state index in [1.54, 1.807) is 18.2 Å². The summed E-state index contributed by atoms with van der Waals surface area (Å²) in [6, 6.07) is 9.41. The number of barbiturate groups is 1. The number of ether oxygens (including phenoxy) is 2. The molecule has 0 aromatic heterocycles. The predicted octanol–water partition coefficient (Wildman–Crippen LogP) is 3.36. The molecule has 2 aromatic carbocycles. The number of amides is 4. The molecule has 1 saturated heterocycles. The Labute approximate surface area is 182 Å². The van der Waals surface area contributed by atoms with E-state index in [4.69, 9.17) is 16.3 Å². The Morgan fingerprint density at radius 2 is 1.87 bits per heavy atom. The Bertz CT molecular complexity index is 1110. The molecule has 1 aliphatic rings. The van der Waals surface area contributed by atoms with Gasteiger partial charge in [-0.1, -0.05) is 24.3 Å². The molecule has 1 heterocycles. The first-order chi connectivity index (χ1) is 14.8. The minimum absolute atomic E-state index is 0.169. The number of benzene rings is 2. The molecule has 0 spiro atoms. The zero-order valence-corrected chi connectivity index (χ0v) is 17.1. The molecule has 0 atom stereocenters. The summed E-state index contributed by atoms with van der Waals surface area (Å²) in [5.74, 6) is -1.88. The largest absolute Gasteiger partial charge is 0.489 e. The van der Waals surface area contributed by atoms with E-state index >= 15 is 0 Å². The van der Waals surface area contributed by atoms with Crippen LogP contribution in [0.4, 0.5) is 10.5 Å². The van der Waals surface area contributed by atoms with Crippen molar-refractivity contribution in [2.45, 2.75) is 0 Å². The fraction of sp³-hybridized carbons (Fsp3) is 0.0909. The van der Waals surface area contributed by atoms with Gasteiger partial charge in [0.05, 0.1) is 18.4 Å². The standard InChI is InChI=1S/C22H17ClN2O6/c1-3-10-31-18-9-6-15(23)11-14(18)12-17-19(26)24-22(29)25(20(17)27)16-7-4-13(5-8-16)21(28)30-2/h3-9,11-12H,1,10H2,2H3,(H,24,26,29)/b17-12+. The van der Waals surface area contributed by atoms with Gasteiger partial charge in [-0.3, -0.25) is 14.9 Å². The van der Waals surface area contributed by atoms with Gasteiger partial charge >= 0.3 is 12.0 Å². The number of esters is 1. The number of halogens is 1. The summed E-state index contributed by atoms with van der Waals surface area (Å²) in [5, 5.41) is 2.50. The van der Waals surface area contributed by atoms with E-state index in [-0.39, 0.29) is 23.4 Å². The molecule has 2 aromatic rings. The normalized spacial score (nSPS) is 15.0. The van der Waals surface area contributed by atoms with E-state index in [0.717, 1.165) is 4.90 Å². The van der Waals surface area contributed by atoms with E-state index in [1.165, 1.54) is 43.5 Å². The van der Waals surface area contributed by atoms with Crippen molar-refractivity contribution in [3.63, 3.8) is 0 Å². The summed E-state index contributed by atoms with van der Waals surface area (Å²) in [6.07, 6.45) is 2.84. The van der Waals surface area contributed by atoms with Crippen LogP contribution in [-0.2, 0) is 14.3 Å². The quantitative estimate of drug-likeness (QED) is 0.320. The third-order valence-corrected chi connectivity index (χ3v) is 4.51. The average molecular weight is 441 g/mol. The van der Waals surface area contributed by atoms with Crippen molar-refractivity contribution in [2.24, 2.45) is 0 Å². The fourth-order valence-electron chi connectivity index (χ4n) is 2.82. The third-order valence-electron chi connectivity index (χ3n) is 4.28. The molecule has 8 nitrogen and oxygen atoms in total. The number of urea groups is 1. The third kappa shape index (κ3) is 4.65. The number of hydrogen-bond acceptors (Lipinski definition) is 6. The summed E-state index contributed by atoms with van der Waals surface area (Å²) in [4.78, 5) is 50.2. The minimum Gasteiger partial charge on any atom is -0.489 e. The van der Waals surface area contributed by atoms with Gasteiger partial charge in [-0.15, -0.1) is 0 Å². The van der Waals surface area contributed by atoms with E-state index in [0.29, 0.717) is 16.3 Å². The highest BCUT2D eigenvalue weighted by Gasteiger charge is 2.37. The average Bonchev–Trinajstić information content (AvgIpc) is 2.75. The zero-order chi connectivity index (χ0) is 22.5. The van der Waals surface area contributed by atoms with Crippen molar-refractivity contribution in [1.82, 2.24) is 5.32 Å². The molecule has 1 aliphatic heterocycles. The van der Waals surface area contributed by atoms with E-state index in [9.17, 15) is 19.2 Å². The van der Waals surface area contributed by atoms with Crippen LogP contribution in [0.3, 0.4) is 0 Å². The van der Waals surface area contributed by atoms with Gasteiger partial charge in [0.15, 0.2) is 0 Å². The number of rotatable bonds is 6. The number of nitrogens with one attached hydrogen (secondary N) is 1. The minimum atomic E-state index is -0.910. The van der Waals surface area contributed by atoms with Gasteiger partial charge in [-0.05, 0) is 48.5 Å². The Kier molecular flexibility index (Phi) is 6.52. The summed E-state index contributed by atoms with van der Waals surface area (Å²) in [6.45, 7) is 3.78. The number of carbonyl (C=O) groups excluding carboxylic acids is 4. The molecule has 9 heteroatoms. The maximum absolute atomic E-state index is 13.0. The van der Waals surface area contributed by atoms with Crippen LogP contribution in [0.5, 0.6) is 5.75 Å². The van der Waals surface area contributed by atoms with E-state index in [1.807, 2.05) is 0 Å². The molecule has 0 unspecified atom stereocenters. The highest BCUT2D eigenvalue weighted by Crippen LogP contribution is 2.28. The van der Waals surface area contributed by atoms with Crippen molar-refractivity contribution in [2.75, 3.05) is 18.6 Å². The van der Waals surface area contributed by atoms with Crippen LogP contribution in [0.2, 0.25) is 5.02 Å². The molecule has 1 fully saturated rings. The predicted molar refractivity (Wildman–Crippen MR) is 114 cm³/mol. The maximum Gasteiger partial charge on any atom is 0.337 e. The SMILES string of the molecule is C=CCOc1ccc(Cl)cc1/C=C1\C(=O)NC(=O)N(c2ccc(C(=O)OC)cc2)C1=O. The zero-order valence-electron chi connectivity index (χ0n) is 16.4. The second-order valence-electron chi connectivity index (χ2n) is 6.28. The van der Waals surface area contributed by atoms with Gasteiger partial charge in [0.25, 0.3) is 11.8 Å². The molecule has 0 radical (unpaired) electrons. The molecule has 158 valence electrons. The van der Waals surface area contributed by atoms with Gasteiger partial charge in [-0.2, -0.15) is 0 Å². The van der Waals surface area contributed by atoms with Crippen LogP contribution in [0.25, 0.3) is 6.08 Å². The molecule has 31 heavy (non-hydrogen) atoms. The van der Waals surface area contributed by atoms with Crippen LogP contribution in [0.1, 0.15) is 15.9 Å². The molecule has 1 N–H and O–H groups in total. The number of methoxy groups -OCH3 is 1. The van der Waals surface area contributed by atoms with Crippen LogP contribution < -0.4 is 15.0 Å². The first-order valence-electron chi connectivity index (χ1n) is 8.98. The van der Waals surface area contributed by atoms with Gasteiger partial charge < -0.3 is 9.47 Å².